The lowest BCUT2D eigenvalue weighted by molar-refractivity contribution is -0.115. The van der Waals surface area contributed by atoms with Crippen LogP contribution < -0.4 is 10.2 Å². The van der Waals surface area contributed by atoms with Gasteiger partial charge in [0.2, 0.25) is 5.91 Å². The molecule has 0 aromatic heterocycles. The average Bonchev–Trinajstić information content (AvgIpc) is 2.27. The van der Waals surface area contributed by atoms with Crippen molar-refractivity contribution < 1.29 is 9.90 Å². The van der Waals surface area contributed by atoms with Gasteiger partial charge in [-0.15, -0.1) is 0 Å². The Morgan fingerprint density at radius 1 is 1.56 bits per heavy atom. The first-order chi connectivity index (χ1) is 7.63. The number of hydrogen-bond acceptors (Lipinski definition) is 3. The highest BCUT2D eigenvalue weighted by Crippen LogP contribution is 2.33. The molecule has 4 heteroatoms. The number of nitrogens with one attached hydrogen (secondary N) is 1. The number of benzene rings is 1. The van der Waals surface area contributed by atoms with E-state index in [-0.39, 0.29) is 18.6 Å². The van der Waals surface area contributed by atoms with E-state index in [0.29, 0.717) is 6.54 Å². The third-order valence-electron chi connectivity index (χ3n) is 2.91. The van der Waals surface area contributed by atoms with Crippen LogP contribution in [0.25, 0.3) is 0 Å². The van der Waals surface area contributed by atoms with Gasteiger partial charge < -0.3 is 15.3 Å². The van der Waals surface area contributed by atoms with Crippen LogP contribution in [0.5, 0.6) is 0 Å². The molecule has 1 unspecified atom stereocenters. The number of fused-ring (bicyclic) bond motifs is 1. The van der Waals surface area contributed by atoms with Gasteiger partial charge in [-0.3, -0.25) is 4.79 Å². The molecule has 1 aromatic rings. The van der Waals surface area contributed by atoms with Gasteiger partial charge in [-0.25, -0.2) is 0 Å². The number of carbonyl (C=O) groups excluding carboxylic acids is 1. The fourth-order valence-electron chi connectivity index (χ4n) is 2.04. The Labute approximate surface area is 94.9 Å². The monoisotopic (exact) mass is 220 g/mol. The fourth-order valence-corrected chi connectivity index (χ4v) is 2.04. The van der Waals surface area contributed by atoms with Crippen LogP contribution in [0.15, 0.2) is 18.2 Å². The summed E-state index contributed by atoms with van der Waals surface area (Å²) >= 11 is 0. The number of hydrogen-bond donors (Lipinski definition) is 2. The largest absolute Gasteiger partial charge is 0.394 e. The summed E-state index contributed by atoms with van der Waals surface area (Å²) in [6.07, 6.45) is 0. The van der Waals surface area contributed by atoms with Crippen LogP contribution in [0.4, 0.5) is 11.4 Å². The second-order valence-electron chi connectivity index (χ2n) is 4.18. The summed E-state index contributed by atoms with van der Waals surface area (Å²) in [7, 11) is 0. The molecule has 0 spiro atoms. The zero-order valence-electron chi connectivity index (χ0n) is 9.53. The molecule has 1 aliphatic rings. The van der Waals surface area contributed by atoms with Gasteiger partial charge in [0.15, 0.2) is 0 Å². The molecule has 4 nitrogen and oxygen atoms in total. The van der Waals surface area contributed by atoms with Gasteiger partial charge in [-0.05, 0) is 25.5 Å². The summed E-state index contributed by atoms with van der Waals surface area (Å²) in [4.78, 5) is 13.5. The van der Waals surface area contributed by atoms with Crippen LogP contribution in [-0.4, -0.2) is 30.2 Å². The molecular weight excluding hydrogens is 204 g/mol. The van der Waals surface area contributed by atoms with Crippen LogP contribution in [0.3, 0.4) is 0 Å². The van der Waals surface area contributed by atoms with Crippen LogP contribution >= 0.6 is 0 Å². The molecule has 1 amide bonds. The van der Waals surface area contributed by atoms with E-state index in [1.165, 1.54) is 0 Å². The Morgan fingerprint density at radius 3 is 3.00 bits per heavy atom. The topological polar surface area (TPSA) is 52.6 Å². The maximum atomic E-state index is 11.5. The molecule has 86 valence electrons. The van der Waals surface area contributed by atoms with E-state index >= 15 is 0 Å². The third-order valence-corrected chi connectivity index (χ3v) is 2.91. The first-order valence-corrected chi connectivity index (χ1v) is 5.40. The molecule has 2 rings (SSSR count). The third kappa shape index (κ3) is 1.76. The molecule has 16 heavy (non-hydrogen) atoms. The summed E-state index contributed by atoms with van der Waals surface area (Å²) in [6, 6.07) is 5.76. The van der Waals surface area contributed by atoms with Crippen molar-refractivity contribution in [1.29, 1.82) is 0 Å². The molecular formula is C12H16N2O2. The minimum atomic E-state index is -0.0501. The SMILES string of the molecule is Cc1cccc2c1N(C(C)CO)CC(=O)N2. The van der Waals surface area contributed by atoms with Crippen molar-refractivity contribution in [3.8, 4) is 0 Å². The lowest BCUT2D eigenvalue weighted by Crippen LogP contribution is -2.45. The fraction of sp³-hybridized carbons (Fsp3) is 0.417. The molecule has 0 fully saturated rings. The van der Waals surface area contributed by atoms with E-state index in [9.17, 15) is 9.90 Å². The first kappa shape index (κ1) is 11.0. The van der Waals surface area contributed by atoms with E-state index in [2.05, 4.69) is 5.32 Å². The van der Waals surface area contributed by atoms with Crippen molar-refractivity contribution in [2.75, 3.05) is 23.4 Å². The van der Waals surface area contributed by atoms with Gasteiger partial charge >= 0.3 is 0 Å². The lowest BCUT2D eigenvalue weighted by atomic mass is 10.1. The van der Waals surface area contributed by atoms with Gasteiger partial charge in [0.1, 0.15) is 0 Å². The number of rotatable bonds is 2. The normalized spacial score (nSPS) is 16.7. The molecule has 1 aliphatic heterocycles. The van der Waals surface area contributed by atoms with E-state index in [1.54, 1.807) is 0 Å². The van der Waals surface area contributed by atoms with Crippen molar-refractivity contribution in [2.45, 2.75) is 19.9 Å². The smallest absolute Gasteiger partial charge is 0.243 e. The standard InChI is InChI=1S/C12H16N2O2/c1-8-4-3-5-10-12(8)14(9(2)7-15)6-11(16)13-10/h3-5,9,15H,6-7H2,1-2H3,(H,13,16). The van der Waals surface area contributed by atoms with Gasteiger partial charge in [-0.2, -0.15) is 0 Å². The van der Waals surface area contributed by atoms with Crippen LogP contribution in [0.1, 0.15) is 12.5 Å². The van der Waals surface area contributed by atoms with E-state index in [4.69, 9.17) is 0 Å². The van der Waals surface area contributed by atoms with Crippen LogP contribution in [0.2, 0.25) is 0 Å². The summed E-state index contributed by atoms with van der Waals surface area (Å²) in [5.74, 6) is -0.0293. The van der Waals surface area contributed by atoms with Gasteiger partial charge in [-0.1, -0.05) is 12.1 Å². The Morgan fingerprint density at radius 2 is 2.31 bits per heavy atom. The van der Waals surface area contributed by atoms with Crippen molar-refractivity contribution in [3.63, 3.8) is 0 Å². The maximum absolute atomic E-state index is 11.5. The number of carbonyl (C=O) groups is 1. The van der Waals surface area contributed by atoms with Crippen LogP contribution in [-0.2, 0) is 4.79 Å². The summed E-state index contributed by atoms with van der Waals surface area (Å²) in [6.45, 7) is 4.27. The molecule has 0 bridgehead atoms. The number of amides is 1. The molecule has 1 aromatic carbocycles. The van der Waals surface area contributed by atoms with E-state index in [1.807, 2.05) is 36.9 Å². The van der Waals surface area contributed by atoms with Crippen molar-refractivity contribution in [3.05, 3.63) is 23.8 Å². The molecule has 0 saturated heterocycles. The Hall–Kier alpha value is -1.55. The first-order valence-electron chi connectivity index (χ1n) is 5.40. The van der Waals surface area contributed by atoms with Crippen molar-refractivity contribution >= 4 is 17.3 Å². The quantitative estimate of drug-likeness (QED) is 0.785. The molecule has 1 atom stereocenters. The minimum Gasteiger partial charge on any atom is -0.394 e. The molecule has 0 saturated carbocycles. The Kier molecular flexibility index (Phi) is 2.83. The Balaban J connectivity index is 2.47. The minimum absolute atomic E-state index is 0.0293. The highest BCUT2D eigenvalue weighted by molar-refractivity contribution is 6.01. The molecule has 1 heterocycles. The van der Waals surface area contributed by atoms with Gasteiger partial charge in [0.05, 0.1) is 24.5 Å². The Bertz CT molecular complexity index is 417. The molecule has 0 aliphatic carbocycles. The second-order valence-corrected chi connectivity index (χ2v) is 4.18. The number of para-hydroxylation sites is 1. The zero-order valence-corrected chi connectivity index (χ0v) is 9.53. The predicted octanol–water partition coefficient (Wildman–Crippen LogP) is 1.13. The molecule has 0 radical (unpaired) electrons. The molecule has 2 N–H and O–H groups in total. The van der Waals surface area contributed by atoms with Crippen molar-refractivity contribution in [1.82, 2.24) is 0 Å². The summed E-state index contributed by atoms with van der Waals surface area (Å²) in [5.41, 5.74) is 2.96. The highest BCUT2D eigenvalue weighted by atomic mass is 16.3. The zero-order chi connectivity index (χ0) is 11.7. The van der Waals surface area contributed by atoms with Crippen molar-refractivity contribution in [2.24, 2.45) is 0 Å². The summed E-state index contributed by atoms with van der Waals surface area (Å²) < 4.78 is 0. The number of nitrogens with zero attached hydrogens (tertiary/aromatic N) is 1. The predicted molar refractivity (Wildman–Crippen MR) is 63.7 cm³/mol. The number of aliphatic hydroxyl groups excluding tert-OH is 1. The second kappa shape index (κ2) is 4.14. The summed E-state index contributed by atoms with van der Waals surface area (Å²) in [5, 5.41) is 12.1. The maximum Gasteiger partial charge on any atom is 0.243 e. The average molecular weight is 220 g/mol. The van der Waals surface area contributed by atoms with Crippen LogP contribution in [0, 0.1) is 6.92 Å². The number of aryl methyl sites for hydroxylation is 1. The highest BCUT2D eigenvalue weighted by Gasteiger charge is 2.26. The van der Waals surface area contributed by atoms with E-state index < -0.39 is 0 Å². The number of aliphatic hydroxyl groups is 1. The number of anilines is 2. The van der Waals surface area contributed by atoms with Gasteiger partial charge in [0, 0.05) is 6.04 Å². The van der Waals surface area contributed by atoms with Gasteiger partial charge in [0.25, 0.3) is 0 Å². The lowest BCUT2D eigenvalue weighted by Gasteiger charge is -2.36. The van der Waals surface area contributed by atoms with E-state index in [0.717, 1.165) is 16.9 Å².